The minimum atomic E-state index is 0.322. The maximum Gasteiger partial charge on any atom is 0.0593 e. The maximum absolute atomic E-state index is 5.99. The highest BCUT2D eigenvalue weighted by Crippen LogP contribution is 2.38. The smallest absolute Gasteiger partial charge is 0.0593 e. The Labute approximate surface area is 171 Å². The Hall–Kier alpha value is -0.200. The molecule has 2 atom stereocenters. The predicted molar refractivity (Wildman–Crippen MR) is 109 cm³/mol. The molecule has 3 saturated heterocycles. The third-order valence-electron chi connectivity index (χ3n) is 8.32. The number of rotatable bonds is 6. The van der Waals surface area contributed by atoms with Gasteiger partial charge in [-0.15, -0.1) is 0 Å². The summed E-state index contributed by atoms with van der Waals surface area (Å²) >= 11 is 0. The fraction of sp³-hybridized carbons (Fsp3) is 1.00. The minimum Gasteiger partial charge on any atom is -0.380 e. The Morgan fingerprint density at radius 1 is 0.643 bits per heavy atom. The lowest BCUT2D eigenvalue weighted by atomic mass is 9.75. The molecule has 160 valence electrons. The van der Waals surface area contributed by atoms with Crippen molar-refractivity contribution in [2.24, 2.45) is 29.1 Å². The first-order chi connectivity index (χ1) is 13.8. The molecule has 0 spiro atoms. The summed E-state index contributed by atoms with van der Waals surface area (Å²) in [5.41, 5.74) is 0.322. The fourth-order valence-electron chi connectivity index (χ4n) is 6.06. The highest BCUT2D eigenvalue weighted by Gasteiger charge is 2.43. The molecule has 0 aromatic rings. The van der Waals surface area contributed by atoms with E-state index in [9.17, 15) is 0 Å². The van der Waals surface area contributed by atoms with Gasteiger partial charge in [0.05, 0.1) is 39.6 Å². The molecule has 2 saturated carbocycles. The molecule has 3 heterocycles. The summed E-state index contributed by atoms with van der Waals surface area (Å²) in [6, 6.07) is 0. The Bertz CT molecular complexity index is 464. The molecule has 0 radical (unpaired) electrons. The van der Waals surface area contributed by atoms with E-state index in [1.165, 1.54) is 64.7 Å². The van der Waals surface area contributed by atoms with E-state index in [4.69, 9.17) is 14.2 Å². The molecule has 5 heteroatoms. The van der Waals surface area contributed by atoms with Crippen LogP contribution in [0.5, 0.6) is 0 Å². The topological polar surface area (TPSA) is 34.2 Å². The molecule has 28 heavy (non-hydrogen) atoms. The van der Waals surface area contributed by atoms with Crippen LogP contribution >= 0.6 is 0 Å². The third-order valence-corrected chi connectivity index (χ3v) is 8.32. The van der Waals surface area contributed by atoms with E-state index in [2.05, 4.69) is 9.80 Å². The van der Waals surface area contributed by atoms with E-state index in [0.717, 1.165) is 76.4 Å². The van der Waals surface area contributed by atoms with E-state index in [1.807, 2.05) is 0 Å². The van der Waals surface area contributed by atoms with Crippen molar-refractivity contribution < 1.29 is 14.2 Å². The molecule has 0 amide bonds. The van der Waals surface area contributed by atoms with Gasteiger partial charge in [-0.05, 0) is 23.7 Å². The van der Waals surface area contributed by atoms with Gasteiger partial charge in [0.25, 0.3) is 0 Å². The van der Waals surface area contributed by atoms with E-state index in [1.54, 1.807) is 0 Å². The van der Waals surface area contributed by atoms with Crippen LogP contribution in [0.3, 0.4) is 0 Å². The van der Waals surface area contributed by atoms with Crippen LogP contribution in [0.25, 0.3) is 0 Å². The van der Waals surface area contributed by atoms with Gasteiger partial charge in [-0.2, -0.15) is 0 Å². The van der Waals surface area contributed by atoms with Gasteiger partial charge in [-0.3, -0.25) is 9.80 Å². The Balaban J connectivity index is 1.19. The second-order valence-corrected chi connectivity index (χ2v) is 10.5. The molecule has 0 aromatic heterocycles. The molecule has 0 aromatic carbocycles. The van der Waals surface area contributed by atoms with Crippen molar-refractivity contribution in [2.75, 3.05) is 78.9 Å². The normalized spacial score (nSPS) is 36.0. The summed E-state index contributed by atoms with van der Waals surface area (Å²) in [5, 5.41) is 0. The molecular formula is C23H40N2O3. The van der Waals surface area contributed by atoms with Gasteiger partial charge < -0.3 is 14.2 Å². The van der Waals surface area contributed by atoms with Crippen LogP contribution in [0.2, 0.25) is 0 Å². The highest BCUT2D eigenvalue weighted by atomic mass is 16.5. The van der Waals surface area contributed by atoms with Gasteiger partial charge in [-0.1, -0.05) is 38.5 Å². The van der Waals surface area contributed by atoms with Crippen molar-refractivity contribution >= 4 is 0 Å². The van der Waals surface area contributed by atoms with E-state index >= 15 is 0 Å². The van der Waals surface area contributed by atoms with Crippen LogP contribution in [0.1, 0.15) is 38.5 Å². The van der Waals surface area contributed by atoms with Crippen molar-refractivity contribution in [3.8, 4) is 0 Å². The zero-order valence-electron chi connectivity index (χ0n) is 17.7. The summed E-state index contributed by atoms with van der Waals surface area (Å²) in [6.07, 6.45) is 8.55. The monoisotopic (exact) mass is 392 g/mol. The second-order valence-electron chi connectivity index (χ2n) is 10.5. The van der Waals surface area contributed by atoms with Gasteiger partial charge >= 0.3 is 0 Å². The van der Waals surface area contributed by atoms with Crippen molar-refractivity contribution in [2.45, 2.75) is 38.5 Å². The second kappa shape index (κ2) is 8.89. The quantitative estimate of drug-likeness (QED) is 0.694. The highest BCUT2D eigenvalue weighted by molar-refractivity contribution is 4.94. The molecule has 5 rings (SSSR count). The average Bonchev–Trinajstić information content (AvgIpc) is 2.91. The molecule has 2 unspecified atom stereocenters. The summed E-state index contributed by atoms with van der Waals surface area (Å²) < 4.78 is 17.8. The average molecular weight is 393 g/mol. The van der Waals surface area contributed by atoms with Crippen molar-refractivity contribution in [1.82, 2.24) is 9.80 Å². The van der Waals surface area contributed by atoms with Gasteiger partial charge in [0, 0.05) is 44.7 Å². The van der Waals surface area contributed by atoms with Gasteiger partial charge in [0.2, 0.25) is 0 Å². The lowest BCUT2D eigenvalue weighted by Crippen LogP contribution is -2.58. The largest absolute Gasteiger partial charge is 0.380 e. The summed E-state index contributed by atoms with van der Waals surface area (Å²) in [5.74, 6) is 3.34. The van der Waals surface area contributed by atoms with Gasteiger partial charge in [0.1, 0.15) is 0 Å². The molecule has 5 aliphatic rings. The molecule has 0 bridgehead atoms. The van der Waals surface area contributed by atoms with Crippen LogP contribution in [0.4, 0.5) is 0 Å². The lowest BCUT2D eigenvalue weighted by molar-refractivity contribution is -0.140. The van der Waals surface area contributed by atoms with Crippen LogP contribution in [-0.4, -0.2) is 88.7 Å². The van der Waals surface area contributed by atoms with Crippen molar-refractivity contribution in [3.05, 3.63) is 0 Å². The summed E-state index contributed by atoms with van der Waals surface area (Å²) in [4.78, 5) is 5.44. The molecule has 2 aliphatic carbocycles. The van der Waals surface area contributed by atoms with Crippen molar-refractivity contribution in [1.29, 1.82) is 0 Å². The number of hydrogen-bond donors (Lipinski definition) is 0. The number of hydrogen-bond acceptors (Lipinski definition) is 5. The Morgan fingerprint density at radius 3 is 1.50 bits per heavy atom. The lowest BCUT2D eigenvalue weighted by Gasteiger charge is -2.48. The SMILES string of the molecule is C1CC(C2COCCN(CC3(CN4CCOCC(C5CCC5)C4)COC3)C2)C1. The van der Waals surface area contributed by atoms with E-state index in [0.29, 0.717) is 5.41 Å². The van der Waals surface area contributed by atoms with E-state index in [-0.39, 0.29) is 0 Å². The molecule has 0 N–H and O–H groups in total. The third kappa shape index (κ3) is 4.44. The zero-order chi connectivity index (χ0) is 18.8. The van der Waals surface area contributed by atoms with Gasteiger partial charge in [-0.25, -0.2) is 0 Å². The first-order valence-electron chi connectivity index (χ1n) is 12.0. The van der Waals surface area contributed by atoms with Crippen LogP contribution in [-0.2, 0) is 14.2 Å². The van der Waals surface area contributed by atoms with E-state index < -0.39 is 0 Å². The molecule has 5 fully saturated rings. The molecular weight excluding hydrogens is 352 g/mol. The predicted octanol–water partition coefficient (Wildman–Crippen LogP) is 2.50. The van der Waals surface area contributed by atoms with Gasteiger partial charge in [0.15, 0.2) is 0 Å². The fourth-order valence-corrected chi connectivity index (χ4v) is 6.06. The molecule has 3 aliphatic heterocycles. The molecule has 5 nitrogen and oxygen atoms in total. The van der Waals surface area contributed by atoms with Crippen LogP contribution < -0.4 is 0 Å². The summed E-state index contributed by atoms with van der Waals surface area (Å²) in [7, 11) is 0. The first kappa shape index (κ1) is 19.7. The first-order valence-corrected chi connectivity index (χ1v) is 12.0. The van der Waals surface area contributed by atoms with Crippen LogP contribution in [0, 0.1) is 29.1 Å². The number of ether oxygens (including phenoxy) is 3. The Kier molecular flexibility index (Phi) is 6.27. The zero-order valence-corrected chi connectivity index (χ0v) is 17.7. The standard InChI is InChI=1S/C23H40N2O3/c1-3-19(4-1)21-11-24(7-9-26-13-21)15-23(17-28-18-23)16-25-8-10-27-14-22(12-25)20-5-2-6-20/h19-22H,1-18H2. The Morgan fingerprint density at radius 2 is 1.14 bits per heavy atom. The van der Waals surface area contributed by atoms with Crippen molar-refractivity contribution in [3.63, 3.8) is 0 Å². The maximum atomic E-state index is 5.99. The minimum absolute atomic E-state index is 0.322. The van der Waals surface area contributed by atoms with Crippen LogP contribution in [0.15, 0.2) is 0 Å². The summed E-state index contributed by atoms with van der Waals surface area (Å²) in [6.45, 7) is 12.7. The number of nitrogens with zero attached hydrogens (tertiary/aromatic N) is 2.